The first-order valence-electron chi connectivity index (χ1n) is 6.41. The van der Waals surface area contributed by atoms with Crippen LogP contribution in [0.15, 0.2) is 12.1 Å². The molecule has 0 aliphatic heterocycles. The average molecular weight is 268 g/mol. The van der Waals surface area contributed by atoms with Gasteiger partial charge < -0.3 is 25.3 Å². The van der Waals surface area contributed by atoms with E-state index in [1.165, 1.54) is 0 Å². The van der Waals surface area contributed by atoms with E-state index in [4.69, 9.17) is 19.9 Å². The van der Waals surface area contributed by atoms with Crippen LogP contribution in [0.4, 0.5) is 5.69 Å². The van der Waals surface area contributed by atoms with Crippen molar-refractivity contribution in [3.05, 3.63) is 12.1 Å². The van der Waals surface area contributed by atoms with Crippen molar-refractivity contribution in [2.45, 2.75) is 25.8 Å². The minimum absolute atomic E-state index is 0.224. The summed E-state index contributed by atoms with van der Waals surface area (Å²) in [6.07, 6.45) is 1.98. The molecule has 1 aromatic carbocycles. The highest BCUT2D eigenvalue weighted by Crippen LogP contribution is 2.38. The van der Waals surface area contributed by atoms with Gasteiger partial charge in [-0.15, -0.1) is 0 Å². The largest absolute Gasteiger partial charge is 0.496 e. The fraction of sp³-hybridized carbons (Fsp3) is 0.571. The van der Waals surface area contributed by atoms with Crippen LogP contribution in [0, 0.1) is 0 Å². The lowest BCUT2D eigenvalue weighted by Crippen LogP contribution is -2.16. The second-order valence-corrected chi connectivity index (χ2v) is 4.45. The number of hydrogen-bond acceptors (Lipinski definition) is 5. The number of rotatable bonds is 8. The number of anilines is 1. The van der Waals surface area contributed by atoms with Gasteiger partial charge >= 0.3 is 0 Å². The van der Waals surface area contributed by atoms with Crippen LogP contribution in [0.25, 0.3) is 0 Å². The molecule has 0 aliphatic carbocycles. The molecule has 1 rings (SSSR count). The number of benzene rings is 1. The van der Waals surface area contributed by atoms with Crippen molar-refractivity contribution in [3.63, 3.8) is 0 Å². The number of ether oxygens (including phenoxy) is 3. The maximum Gasteiger partial charge on any atom is 0.149 e. The Kier molecular flexibility index (Phi) is 6.29. The third-order valence-electron chi connectivity index (χ3n) is 2.85. The van der Waals surface area contributed by atoms with Gasteiger partial charge in [0.15, 0.2) is 0 Å². The summed E-state index contributed by atoms with van der Waals surface area (Å²) >= 11 is 0. The molecule has 0 radical (unpaired) electrons. The molecule has 1 unspecified atom stereocenters. The van der Waals surface area contributed by atoms with Crippen molar-refractivity contribution >= 4 is 5.69 Å². The Bertz CT molecular complexity index is 369. The maximum atomic E-state index is 5.73. The van der Waals surface area contributed by atoms with Crippen molar-refractivity contribution in [3.8, 4) is 17.2 Å². The van der Waals surface area contributed by atoms with Crippen LogP contribution >= 0.6 is 0 Å². The SMILES string of the molecule is COc1cc(OC)c(NCCCC(C)N)c(OC)c1. The zero-order chi connectivity index (χ0) is 14.3. The van der Waals surface area contributed by atoms with E-state index in [9.17, 15) is 0 Å². The smallest absolute Gasteiger partial charge is 0.149 e. The first-order valence-corrected chi connectivity index (χ1v) is 6.41. The van der Waals surface area contributed by atoms with Crippen LogP contribution in [0.5, 0.6) is 17.2 Å². The Balaban J connectivity index is 2.79. The zero-order valence-corrected chi connectivity index (χ0v) is 12.2. The quantitative estimate of drug-likeness (QED) is 0.708. The molecule has 0 aromatic heterocycles. The van der Waals surface area contributed by atoms with Gasteiger partial charge in [-0.3, -0.25) is 0 Å². The summed E-state index contributed by atoms with van der Waals surface area (Å²) in [5, 5.41) is 3.33. The summed E-state index contributed by atoms with van der Waals surface area (Å²) in [6, 6.07) is 3.88. The molecule has 19 heavy (non-hydrogen) atoms. The Hall–Kier alpha value is -1.62. The highest BCUT2D eigenvalue weighted by molar-refractivity contribution is 5.68. The topological polar surface area (TPSA) is 65.7 Å². The van der Waals surface area contributed by atoms with Crippen LogP contribution in [-0.4, -0.2) is 33.9 Å². The first-order chi connectivity index (χ1) is 9.12. The van der Waals surface area contributed by atoms with Crippen LogP contribution < -0.4 is 25.3 Å². The second kappa shape index (κ2) is 7.74. The maximum absolute atomic E-state index is 5.73. The van der Waals surface area contributed by atoms with Crippen LogP contribution in [0.2, 0.25) is 0 Å². The number of nitrogens with one attached hydrogen (secondary N) is 1. The van der Waals surface area contributed by atoms with Gasteiger partial charge in [0.05, 0.1) is 21.3 Å². The van der Waals surface area contributed by atoms with Crippen molar-refractivity contribution in [2.24, 2.45) is 5.73 Å². The molecular weight excluding hydrogens is 244 g/mol. The van der Waals surface area contributed by atoms with Crippen molar-refractivity contribution in [2.75, 3.05) is 33.2 Å². The fourth-order valence-electron chi connectivity index (χ4n) is 1.82. The summed E-state index contributed by atoms with van der Waals surface area (Å²) in [5.74, 6) is 2.11. The number of methoxy groups -OCH3 is 3. The Morgan fingerprint density at radius 1 is 1.11 bits per heavy atom. The van der Waals surface area contributed by atoms with Gasteiger partial charge in [0, 0.05) is 24.7 Å². The van der Waals surface area contributed by atoms with Gasteiger partial charge in [0.25, 0.3) is 0 Å². The van der Waals surface area contributed by atoms with Gasteiger partial charge in [-0.1, -0.05) is 0 Å². The lowest BCUT2D eigenvalue weighted by Gasteiger charge is -2.16. The van der Waals surface area contributed by atoms with Crippen molar-refractivity contribution in [1.82, 2.24) is 0 Å². The Labute approximate surface area is 115 Å². The average Bonchev–Trinajstić information content (AvgIpc) is 2.42. The lowest BCUT2D eigenvalue weighted by atomic mass is 10.2. The molecule has 0 saturated heterocycles. The highest BCUT2D eigenvalue weighted by Gasteiger charge is 2.12. The van der Waals surface area contributed by atoms with E-state index in [1.807, 2.05) is 19.1 Å². The molecule has 0 spiro atoms. The molecular formula is C14H24N2O3. The number of nitrogens with two attached hydrogens (primary N) is 1. The minimum atomic E-state index is 0.224. The van der Waals surface area contributed by atoms with Gasteiger partial charge in [-0.2, -0.15) is 0 Å². The van der Waals surface area contributed by atoms with Gasteiger partial charge in [-0.25, -0.2) is 0 Å². The normalized spacial score (nSPS) is 11.8. The second-order valence-electron chi connectivity index (χ2n) is 4.45. The molecule has 5 heteroatoms. The molecule has 0 bridgehead atoms. The molecule has 3 N–H and O–H groups in total. The van der Waals surface area contributed by atoms with Crippen LogP contribution in [-0.2, 0) is 0 Å². The molecule has 108 valence electrons. The monoisotopic (exact) mass is 268 g/mol. The number of hydrogen-bond donors (Lipinski definition) is 2. The van der Waals surface area contributed by atoms with Crippen LogP contribution in [0.1, 0.15) is 19.8 Å². The van der Waals surface area contributed by atoms with Gasteiger partial charge in [0.1, 0.15) is 22.9 Å². The molecule has 5 nitrogen and oxygen atoms in total. The Morgan fingerprint density at radius 3 is 2.11 bits per heavy atom. The fourth-order valence-corrected chi connectivity index (χ4v) is 1.82. The summed E-state index contributed by atoms with van der Waals surface area (Å²) in [7, 11) is 4.87. The van der Waals surface area contributed by atoms with E-state index in [0.717, 1.165) is 25.1 Å². The summed E-state index contributed by atoms with van der Waals surface area (Å²) in [4.78, 5) is 0. The van der Waals surface area contributed by atoms with E-state index in [2.05, 4.69) is 5.32 Å². The zero-order valence-electron chi connectivity index (χ0n) is 12.2. The third kappa shape index (κ3) is 4.52. The van der Waals surface area contributed by atoms with Crippen molar-refractivity contribution in [1.29, 1.82) is 0 Å². The van der Waals surface area contributed by atoms with E-state index in [0.29, 0.717) is 17.2 Å². The standard InChI is InChI=1S/C14H24N2O3/c1-10(15)6-5-7-16-14-12(18-3)8-11(17-2)9-13(14)19-4/h8-10,16H,5-7,15H2,1-4H3. The van der Waals surface area contributed by atoms with Gasteiger partial charge in [0.2, 0.25) is 0 Å². The van der Waals surface area contributed by atoms with Gasteiger partial charge in [-0.05, 0) is 19.8 Å². The van der Waals surface area contributed by atoms with Crippen LogP contribution in [0.3, 0.4) is 0 Å². The van der Waals surface area contributed by atoms with E-state index < -0.39 is 0 Å². The first kappa shape index (κ1) is 15.4. The third-order valence-corrected chi connectivity index (χ3v) is 2.85. The molecule has 0 aliphatic rings. The Morgan fingerprint density at radius 2 is 1.68 bits per heavy atom. The molecule has 0 heterocycles. The lowest BCUT2D eigenvalue weighted by molar-refractivity contribution is 0.377. The molecule has 0 saturated carbocycles. The minimum Gasteiger partial charge on any atom is -0.496 e. The summed E-state index contributed by atoms with van der Waals surface area (Å²) in [6.45, 7) is 2.83. The van der Waals surface area contributed by atoms with Crippen molar-refractivity contribution < 1.29 is 14.2 Å². The molecule has 1 aromatic rings. The predicted molar refractivity (Wildman–Crippen MR) is 77.5 cm³/mol. The molecule has 0 amide bonds. The summed E-state index contributed by atoms with van der Waals surface area (Å²) < 4.78 is 15.9. The summed E-state index contributed by atoms with van der Waals surface area (Å²) in [5.41, 5.74) is 6.57. The molecule has 0 fully saturated rings. The molecule has 1 atom stereocenters. The van der Waals surface area contributed by atoms with E-state index >= 15 is 0 Å². The van der Waals surface area contributed by atoms with E-state index in [1.54, 1.807) is 21.3 Å². The predicted octanol–water partition coefficient (Wildman–Crippen LogP) is 2.25. The highest BCUT2D eigenvalue weighted by atomic mass is 16.5. The van der Waals surface area contributed by atoms with E-state index in [-0.39, 0.29) is 6.04 Å².